The molecule has 4 heteroatoms. The summed E-state index contributed by atoms with van der Waals surface area (Å²) in [5.41, 5.74) is 1.29. The predicted octanol–water partition coefficient (Wildman–Crippen LogP) is 3.77. The molecule has 0 saturated heterocycles. The van der Waals surface area contributed by atoms with Gasteiger partial charge in [0.2, 0.25) is 0 Å². The smallest absolute Gasteiger partial charge is 0.164 e. The van der Waals surface area contributed by atoms with Crippen molar-refractivity contribution in [1.29, 1.82) is 0 Å². The lowest BCUT2D eigenvalue weighted by Gasteiger charge is -2.01. The fourth-order valence-electron chi connectivity index (χ4n) is 1.83. The highest BCUT2D eigenvalue weighted by Gasteiger charge is 2.07. The van der Waals surface area contributed by atoms with Crippen LogP contribution in [0.1, 0.15) is 35.2 Å². The highest BCUT2D eigenvalue weighted by atomic mass is 16.5. The minimum absolute atomic E-state index is 0.0808. The second-order valence-corrected chi connectivity index (χ2v) is 4.29. The van der Waals surface area contributed by atoms with Crippen LogP contribution in [0.15, 0.2) is 45.8 Å². The van der Waals surface area contributed by atoms with Crippen LogP contribution in [0.2, 0.25) is 0 Å². The van der Waals surface area contributed by atoms with E-state index in [0.29, 0.717) is 30.0 Å². The Hall–Kier alpha value is -2.20. The van der Waals surface area contributed by atoms with E-state index in [1.54, 1.807) is 19.4 Å². The zero-order valence-electron chi connectivity index (χ0n) is 11.6. The average Bonchev–Trinajstić information content (AvgIpc) is 2.93. The number of furan rings is 1. The SMILES string of the molecule is CCC(=O)c1ccccc1N=Cc1ccc(COC)o1. The lowest BCUT2D eigenvalue weighted by Crippen LogP contribution is -1.96. The van der Waals surface area contributed by atoms with Crippen LogP contribution in [0.25, 0.3) is 0 Å². The number of Topliss-reactive ketones (excluding diaryl/α,β-unsaturated/α-hetero) is 1. The summed E-state index contributed by atoms with van der Waals surface area (Å²) in [6.45, 7) is 2.27. The maximum atomic E-state index is 11.8. The Labute approximate surface area is 118 Å². The number of ether oxygens (including phenoxy) is 1. The van der Waals surface area contributed by atoms with E-state index in [9.17, 15) is 4.79 Å². The van der Waals surface area contributed by atoms with Gasteiger partial charge in [0.1, 0.15) is 18.1 Å². The second kappa shape index (κ2) is 6.82. The third kappa shape index (κ3) is 3.42. The largest absolute Gasteiger partial charge is 0.458 e. The summed E-state index contributed by atoms with van der Waals surface area (Å²) in [5.74, 6) is 1.46. The van der Waals surface area contributed by atoms with Gasteiger partial charge in [0, 0.05) is 19.1 Å². The zero-order chi connectivity index (χ0) is 14.4. The number of ketones is 1. The van der Waals surface area contributed by atoms with Crippen molar-refractivity contribution in [2.45, 2.75) is 20.0 Å². The quantitative estimate of drug-likeness (QED) is 0.593. The van der Waals surface area contributed by atoms with E-state index in [1.807, 2.05) is 37.3 Å². The summed E-state index contributed by atoms with van der Waals surface area (Å²) in [6.07, 6.45) is 2.08. The minimum atomic E-state index is 0.0808. The molecule has 0 fully saturated rings. The first kappa shape index (κ1) is 14.2. The molecule has 1 heterocycles. The molecule has 2 aromatic rings. The summed E-state index contributed by atoms with van der Waals surface area (Å²) in [7, 11) is 1.61. The Balaban J connectivity index is 2.20. The molecule has 0 aliphatic heterocycles. The number of methoxy groups -OCH3 is 1. The monoisotopic (exact) mass is 271 g/mol. The molecular formula is C16H17NO3. The molecule has 0 N–H and O–H groups in total. The lowest BCUT2D eigenvalue weighted by atomic mass is 10.1. The van der Waals surface area contributed by atoms with Crippen molar-refractivity contribution in [1.82, 2.24) is 0 Å². The Morgan fingerprint density at radius 3 is 2.85 bits per heavy atom. The molecule has 20 heavy (non-hydrogen) atoms. The van der Waals surface area contributed by atoms with Crippen molar-refractivity contribution in [3.63, 3.8) is 0 Å². The molecule has 0 aliphatic rings. The molecule has 4 nitrogen and oxygen atoms in total. The van der Waals surface area contributed by atoms with Gasteiger partial charge in [0.25, 0.3) is 0 Å². The maximum Gasteiger partial charge on any atom is 0.164 e. The van der Waals surface area contributed by atoms with Crippen molar-refractivity contribution < 1.29 is 13.9 Å². The van der Waals surface area contributed by atoms with E-state index in [4.69, 9.17) is 9.15 Å². The molecule has 0 bridgehead atoms. The number of carbonyl (C=O) groups is 1. The van der Waals surface area contributed by atoms with Crippen LogP contribution in [0.3, 0.4) is 0 Å². The fraction of sp³-hybridized carbons (Fsp3) is 0.250. The summed E-state index contributed by atoms with van der Waals surface area (Å²) in [6, 6.07) is 11.0. The summed E-state index contributed by atoms with van der Waals surface area (Å²) in [4.78, 5) is 16.2. The molecule has 0 amide bonds. The first-order valence-corrected chi connectivity index (χ1v) is 6.48. The van der Waals surface area contributed by atoms with E-state index in [-0.39, 0.29) is 5.78 Å². The number of carbonyl (C=O) groups excluding carboxylic acids is 1. The number of para-hydroxylation sites is 1. The topological polar surface area (TPSA) is 51.8 Å². The van der Waals surface area contributed by atoms with Gasteiger partial charge in [0.05, 0.1) is 11.9 Å². The van der Waals surface area contributed by atoms with E-state index in [2.05, 4.69) is 4.99 Å². The number of benzene rings is 1. The molecule has 0 unspecified atom stereocenters. The van der Waals surface area contributed by atoms with Gasteiger partial charge in [-0.15, -0.1) is 0 Å². The highest BCUT2D eigenvalue weighted by Crippen LogP contribution is 2.20. The van der Waals surface area contributed by atoms with Gasteiger partial charge in [-0.25, -0.2) is 0 Å². The lowest BCUT2D eigenvalue weighted by molar-refractivity contribution is 0.0989. The zero-order valence-corrected chi connectivity index (χ0v) is 11.6. The molecular weight excluding hydrogens is 254 g/mol. The average molecular weight is 271 g/mol. The third-order valence-electron chi connectivity index (χ3n) is 2.83. The van der Waals surface area contributed by atoms with Crippen LogP contribution >= 0.6 is 0 Å². The van der Waals surface area contributed by atoms with Crippen LogP contribution in [-0.4, -0.2) is 19.1 Å². The summed E-state index contributed by atoms with van der Waals surface area (Å²) in [5, 5.41) is 0. The van der Waals surface area contributed by atoms with Gasteiger partial charge in [-0.3, -0.25) is 9.79 Å². The van der Waals surface area contributed by atoms with E-state index < -0.39 is 0 Å². The molecule has 0 atom stereocenters. The molecule has 2 rings (SSSR count). The highest BCUT2D eigenvalue weighted by molar-refractivity contribution is 6.01. The van der Waals surface area contributed by atoms with Crippen LogP contribution in [0.4, 0.5) is 5.69 Å². The summed E-state index contributed by atoms with van der Waals surface area (Å²) >= 11 is 0. The van der Waals surface area contributed by atoms with Crippen LogP contribution < -0.4 is 0 Å². The molecule has 1 aromatic heterocycles. The normalized spacial score (nSPS) is 11.1. The Morgan fingerprint density at radius 1 is 1.30 bits per heavy atom. The van der Waals surface area contributed by atoms with Crippen molar-refractivity contribution in [2.75, 3.05) is 7.11 Å². The summed E-state index contributed by atoms with van der Waals surface area (Å²) < 4.78 is 10.5. The first-order valence-electron chi connectivity index (χ1n) is 6.48. The Bertz CT molecular complexity index is 614. The molecule has 0 spiro atoms. The van der Waals surface area contributed by atoms with Crippen molar-refractivity contribution in [3.8, 4) is 0 Å². The number of hydrogen-bond donors (Lipinski definition) is 0. The number of rotatable bonds is 6. The number of nitrogens with zero attached hydrogens (tertiary/aromatic N) is 1. The van der Waals surface area contributed by atoms with Crippen molar-refractivity contribution in [2.24, 2.45) is 4.99 Å². The van der Waals surface area contributed by atoms with E-state index in [1.165, 1.54) is 0 Å². The van der Waals surface area contributed by atoms with E-state index in [0.717, 1.165) is 5.76 Å². The van der Waals surface area contributed by atoms with Gasteiger partial charge in [-0.2, -0.15) is 0 Å². The fourth-order valence-corrected chi connectivity index (χ4v) is 1.83. The number of hydrogen-bond acceptors (Lipinski definition) is 4. The standard InChI is InChI=1S/C16H17NO3/c1-3-16(18)14-6-4-5-7-15(14)17-10-12-8-9-13(20-12)11-19-2/h4-10H,3,11H2,1-2H3. The van der Waals surface area contributed by atoms with Gasteiger partial charge in [0.15, 0.2) is 5.78 Å². The molecule has 0 aliphatic carbocycles. The second-order valence-electron chi connectivity index (χ2n) is 4.29. The maximum absolute atomic E-state index is 11.8. The van der Waals surface area contributed by atoms with E-state index >= 15 is 0 Å². The predicted molar refractivity (Wildman–Crippen MR) is 77.7 cm³/mol. The van der Waals surface area contributed by atoms with Crippen LogP contribution in [0.5, 0.6) is 0 Å². The third-order valence-corrected chi connectivity index (χ3v) is 2.83. The van der Waals surface area contributed by atoms with Crippen molar-refractivity contribution >= 4 is 17.7 Å². The molecule has 1 aromatic carbocycles. The number of aliphatic imine (C=N–C) groups is 1. The Morgan fingerprint density at radius 2 is 2.10 bits per heavy atom. The van der Waals surface area contributed by atoms with Crippen LogP contribution in [0, 0.1) is 0 Å². The minimum Gasteiger partial charge on any atom is -0.458 e. The van der Waals surface area contributed by atoms with Gasteiger partial charge >= 0.3 is 0 Å². The molecule has 0 saturated carbocycles. The van der Waals surface area contributed by atoms with Gasteiger partial charge < -0.3 is 9.15 Å². The van der Waals surface area contributed by atoms with Gasteiger partial charge in [-0.1, -0.05) is 19.1 Å². The van der Waals surface area contributed by atoms with Gasteiger partial charge in [-0.05, 0) is 24.3 Å². The van der Waals surface area contributed by atoms with Crippen molar-refractivity contribution in [3.05, 3.63) is 53.5 Å². The Kier molecular flexibility index (Phi) is 4.85. The van der Waals surface area contributed by atoms with Crippen LogP contribution in [-0.2, 0) is 11.3 Å². The molecule has 104 valence electrons. The first-order chi connectivity index (χ1) is 9.74. The molecule has 0 radical (unpaired) electrons.